The number of hydrogen-bond donors (Lipinski definition) is 0. The van der Waals surface area contributed by atoms with Gasteiger partial charge in [-0.1, -0.05) is 23.7 Å². The molecule has 3 rings (SSSR count). The maximum absolute atomic E-state index is 5.97. The van der Waals surface area contributed by atoms with Crippen molar-refractivity contribution in [2.75, 3.05) is 0 Å². The first kappa shape index (κ1) is 6.51. The maximum atomic E-state index is 5.97. The van der Waals surface area contributed by atoms with Crippen molar-refractivity contribution in [3.8, 4) is 0 Å². The third kappa shape index (κ3) is 0.834. The van der Waals surface area contributed by atoms with E-state index in [1.807, 2.05) is 18.2 Å². The molecule has 2 heteroatoms. The van der Waals surface area contributed by atoms with E-state index < -0.39 is 0 Å². The molecule has 0 heterocycles. The minimum absolute atomic E-state index is 0.155. The van der Waals surface area contributed by atoms with E-state index in [4.69, 9.17) is 23.2 Å². The zero-order valence-electron chi connectivity index (χ0n) is 5.27. The van der Waals surface area contributed by atoms with Gasteiger partial charge in [-0.05, 0) is 23.6 Å². The van der Waals surface area contributed by atoms with Crippen LogP contribution in [-0.2, 0) is 6.42 Å². The van der Waals surface area contributed by atoms with Crippen LogP contribution in [0.5, 0.6) is 0 Å². The normalized spacial score (nSPS) is 21.6. The Balaban J connectivity index is 2.62. The summed E-state index contributed by atoms with van der Waals surface area (Å²) in [4.78, 5) is 0. The summed E-state index contributed by atoms with van der Waals surface area (Å²) in [5.74, 6) is 0. The fourth-order valence-corrected chi connectivity index (χ4v) is 1.80. The Morgan fingerprint density at radius 1 is 1.40 bits per heavy atom. The zero-order valence-corrected chi connectivity index (χ0v) is 6.78. The minimum atomic E-state index is 0.155. The van der Waals surface area contributed by atoms with Gasteiger partial charge in [-0.2, -0.15) is 0 Å². The molecule has 0 radical (unpaired) electrons. The van der Waals surface area contributed by atoms with Crippen LogP contribution in [0.25, 0.3) is 0 Å². The van der Waals surface area contributed by atoms with Crippen LogP contribution in [0.2, 0.25) is 5.02 Å². The van der Waals surface area contributed by atoms with E-state index in [0.29, 0.717) is 0 Å². The predicted octanol–water partition coefficient (Wildman–Crippen LogP) is 3.18. The van der Waals surface area contributed by atoms with Crippen LogP contribution in [0.15, 0.2) is 18.2 Å². The van der Waals surface area contributed by atoms with Gasteiger partial charge in [0.1, 0.15) is 0 Å². The quantitative estimate of drug-likeness (QED) is 0.528. The van der Waals surface area contributed by atoms with Crippen molar-refractivity contribution in [3.63, 3.8) is 0 Å². The molecule has 0 fully saturated rings. The monoisotopic (exact) mass is 172 g/mol. The lowest BCUT2D eigenvalue weighted by Gasteiger charge is -2.18. The van der Waals surface area contributed by atoms with Crippen LogP contribution in [0.1, 0.15) is 16.5 Å². The van der Waals surface area contributed by atoms with Crippen molar-refractivity contribution in [2.24, 2.45) is 0 Å². The fourth-order valence-electron chi connectivity index (χ4n) is 1.23. The molecule has 10 heavy (non-hydrogen) atoms. The topological polar surface area (TPSA) is 0 Å². The zero-order chi connectivity index (χ0) is 7.14. The first-order valence-electron chi connectivity index (χ1n) is 3.20. The highest BCUT2D eigenvalue weighted by Gasteiger charge is 2.17. The van der Waals surface area contributed by atoms with Gasteiger partial charge in [0, 0.05) is 5.02 Å². The fraction of sp³-hybridized carbons (Fsp3) is 0.250. The van der Waals surface area contributed by atoms with Crippen molar-refractivity contribution < 1.29 is 0 Å². The summed E-state index contributed by atoms with van der Waals surface area (Å²) in [6, 6.07) is 6.01. The molecule has 0 aliphatic heterocycles. The Bertz CT molecular complexity index is 268. The largest absolute Gasteiger partial charge is 0.117 e. The van der Waals surface area contributed by atoms with Crippen molar-refractivity contribution >= 4 is 23.2 Å². The molecular weight excluding hydrogens is 167 g/mol. The summed E-state index contributed by atoms with van der Waals surface area (Å²) >= 11 is 11.8. The Morgan fingerprint density at radius 3 is 2.50 bits per heavy atom. The first-order valence-corrected chi connectivity index (χ1v) is 4.01. The average Bonchev–Trinajstić information content (AvgIpc) is 1.91. The Hall–Kier alpha value is -0.200. The summed E-state index contributed by atoms with van der Waals surface area (Å²) in [6.07, 6.45) is 0.892. The lowest BCUT2D eigenvalue weighted by Crippen LogP contribution is -2.03. The molecule has 52 valence electrons. The van der Waals surface area contributed by atoms with Gasteiger partial charge in [-0.15, -0.1) is 11.6 Å². The highest BCUT2D eigenvalue weighted by atomic mass is 35.5. The molecule has 1 atom stereocenters. The number of benzene rings is 1. The molecule has 0 aromatic heterocycles. The highest BCUT2D eigenvalue weighted by molar-refractivity contribution is 6.32. The van der Waals surface area contributed by atoms with Crippen LogP contribution >= 0.6 is 23.2 Å². The summed E-state index contributed by atoms with van der Waals surface area (Å²) < 4.78 is 0. The third-order valence-corrected chi connectivity index (χ3v) is 2.60. The Kier molecular flexibility index (Phi) is 1.40. The number of rotatable bonds is 0. The molecule has 1 aromatic rings. The second-order valence-electron chi connectivity index (χ2n) is 2.52. The Morgan fingerprint density at radius 2 is 2.20 bits per heavy atom. The standard InChI is InChI=1S/C8H6Cl2/c9-7-4-6-2-1-5(7)3-8(6)10/h1-3,7H,4H2. The van der Waals surface area contributed by atoms with Crippen molar-refractivity contribution in [1.29, 1.82) is 0 Å². The van der Waals surface area contributed by atoms with E-state index in [1.165, 1.54) is 0 Å². The second kappa shape index (κ2) is 2.14. The molecule has 2 bridgehead atoms. The van der Waals surface area contributed by atoms with Crippen molar-refractivity contribution in [1.82, 2.24) is 0 Å². The lowest BCUT2D eigenvalue weighted by atomic mass is 9.96. The maximum Gasteiger partial charge on any atom is 0.0626 e. The van der Waals surface area contributed by atoms with Crippen LogP contribution in [0.3, 0.4) is 0 Å². The van der Waals surface area contributed by atoms with Crippen LogP contribution in [0.4, 0.5) is 0 Å². The molecule has 0 nitrogen and oxygen atoms in total. The molecule has 0 amide bonds. The molecule has 2 aliphatic rings. The Labute approximate surface area is 69.8 Å². The molecule has 0 N–H and O–H groups in total. The van der Waals surface area contributed by atoms with E-state index in [2.05, 4.69) is 0 Å². The van der Waals surface area contributed by atoms with E-state index in [1.54, 1.807) is 0 Å². The molecule has 0 saturated carbocycles. The molecular formula is C8H6Cl2. The van der Waals surface area contributed by atoms with Gasteiger partial charge in [0.05, 0.1) is 5.38 Å². The average molecular weight is 173 g/mol. The molecule has 2 aliphatic carbocycles. The number of hydrogen-bond acceptors (Lipinski definition) is 0. The summed E-state index contributed by atoms with van der Waals surface area (Å²) in [5.41, 5.74) is 2.30. The van der Waals surface area contributed by atoms with Gasteiger partial charge in [0.25, 0.3) is 0 Å². The van der Waals surface area contributed by atoms with Gasteiger partial charge in [0.15, 0.2) is 0 Å². The van der Waals surface area contributed by atoms with Gasteiger partial charge >= 0.3 is 0 Å². The molecule has 1 unspecified atom stereocenters. The molecule has 1 aromatic carbocycles. The number of halogens is 2. The van der Waals surface area contributed by atoms with Crippen LogP contribution in [-0.4, -0.2) is 0 Å². The van der Waals surface area contributed by atoms with E-state index in [9.17, 15) is 0 Å². The van der Waals surface area contributed by atoms with E-state index in [-0.39, 0.29) is 5.38 Å². The SMILES string of the molecule is Clc1cc2ccc1CC2Cl. The predicted molar refractivity (Wildman–Crippen MR) is 43.8 cm³/mol. The van der Waals surface area contributed by atoms with E-state index in [0.717, 1.165) is 22.6 Å². The van der Waals surface area contributed by atoms with Gasteiger partial charge < -0.3 is 0 Å². The second-order valence-corrected chi connectivity index (χ2v) is 3.46. The number of fused-ring (bicyclic) bond motifs is 3. The highest BCUT2D eigenvalue weighted by Crippen LogP contribution is 2.35. The summed E-state index contributed by atoms with van der Waals surface area (Å²) in [7, 11) is 0. The first-order chi connectivity index (χ1) is 4.77. The summed E-state index contributed by atoms with van der Waals surface area (Å²) in [6.45, 7) is 0. The molecule has 0 saturated heterocycles. The van der Waals surface area contributed by atoms with E-state index >= 15 is 0 Å². The third-order valence-electron chi connectivity index (χ3n) is 1.84. The van der Waals surface area contributed by atoms with Crippen molar-refractivity contribution in [2.45, 2.75) is 11.8 Å². The lowest BCUT2D eigenvalue weighted by molar-refractivity contribution is 0.884. The molecule has 0 spiro atoms. The van der Waals surface area contributed by atoms with Gasteiger partial charge in [0.2, 0.25) is 0 Å². The summed E-state index contributed by atoms with van der Waals surface area (Å²) in [5, 5.41) is 1.01. The van der Waals surface area contributed by atoms with Gasteiger partial charge in [-0.25, -0.2) is 0 Å². The smallest absolute Gasteiger partial charge is 0.0626 e. The van der Waals surface area contributed by atoms with Crippen LogP contribution in [0, 0.1) is 0 Å². The van der Waals surface area contributed by atoms with Crippen molar-refractivity contribution in [3.05, 3.63) is 34.3 Å². The minimum Gasteiger partial charge on any atom is -0.117 e. The van der Waals surface area contributed by atoms with Crippen LogP contribution < -0.4 is 0 Å². The number of alkyl halides is 1. The van der Waals surface area contributed by atoms with Gasteiger partial charge in [-0.3, -0.25) is 0 Å².